The highest BCUT2D eigenvalue weighted by Gasteiger charge is 2.23. The molecule has 0 amide bonds. The fourth-order valence-electron chi connectivity index (χ4n) is 2.77. The molecule has 20 heavy (non-hydrogen) atoms. The van der Waals surface area contributed by atoms with Crippen molar-refractivity contribution >= 4 is 21.7 Å². The zero-order chi connectivity index (χ0) is 14.6. The fraction of sp³-hybridized carbons (Fsp3) is 0.588. The Morgan fingerprint density at radius 2 is 2.10 bits per heavy atom. The zero-order valence-electron chi connectivity index (χ0n) is 12.5. The van der Waals surface area contributed by atoms with E-state index in [9.17, 15) is 4.79 Å². The number of hydrogen-bond donors (Lipinski definition) is 0. The van der Waals surface area contributed by atoms with Crippen molar-refractivity contribution in [3.8, 4) is 0 Å². The summed E-state index contributed by atoms with van der Waals surface area (Å²) < 4.78 is 0.972. The number of benzene rings is 1. The first kappa shape index (κ1) is 15.7. The molecule has 0 atom stereocenters. The Kier molecular flexibility index (Phi) is 5.39. The van der Waals surface area contributed by atoms with Crippen LogP contribution in [0.2, 0.25) is 0 Å². The summed E-state index contributed by atoms with van der Waals surface area (Å²) in [5.41, 5.74) is 1.28. The molecule has 1 aromatic rings. The third kappa shape index (κ3) is 4.71. The van der Waals surface area contributed by atoms with Gasteiger partial charge < -0.3 is 4.90 Å². The SMILES string of the molecule is CC1(C)CCCN(CCC(=O)c2cccc(Br)c2)CC1. The molecule has 1 aliphatic rings. The summed E-state index contributed by atoms with van der Waals surface area (Å²) in [6, 6.07) is 7.69. The van der Waals surface area contributed by atoms with Gasteiger partial charge in [-0.25, -0.2) is 0 Å². The molecule has 1 fully saturated rings. The molecule has 1 saturated heterocycles. The molecule has 1 heterocycles. The summed E-state index contributed by atoms with van der Waals surface area (Å²) >= 11 is 3.42. The summed E-state index contributed by atoms with van der Waals surface area (Å²) in [6.07, 6.45) is 4.40. The van der Waals surface area contributed by atoms with Gasteiger partial charge >= 0.3 is 0 Å². The van der Waals surface area contributed by atoms with Crippen molar-refractivity contribution in [3.63, 3.8) is 0 Å². The smallest absolute Gasteiger partial charge is 0.164 e. The molecule has 3 heteroatoms. The number of carbonyl (C=O) groups excluding carboxylic acids is 1. The highest BCUT2D eigenvalue weighted by molar-refractivity contribution is 9.10. The molecule has 2 rings (SSSR count). The molecule has 1 aliphatic heterocycles. The molecule has 110 valence electrons. The van der Waals surface area contributed by atoms with E-state index in [1.165, 1.54) is 19.3 Å². The van der Waals surface area contributed by atoms with Gasteiger partial charge in [0.15, 0.2) is 5.78 Å². The second-order valence-electron chi connectivity index (χ2n) is 6.54. The maximum absolute atomic E-state index is 12.2. The van der Waals surface area contributed by atoms with Crippen LogP contribution < -0.4 is 0 Å². The van der Waals surface area contributed by atoms with E-state index in [1.807, 2.05) is 24.3 Å². The molecule has 1 aromatic carbocycles. The second-order valence-corrected chi connectivity index (χ2v) is 7.46. The molecule has 0 unspecified atom stereocenters. The Morgan fingerprint density at radius 1 is 1.30 bits per heavy atom. The van der Waals surface area contributed by atoms with Crippen molar-refractivity contribution in [1.82, 2.24) is 4.90 Å². The van der Waals surface area contributed by atoms with Gasteiger partial charge in [0.05, 0.1) is 0 Å². The molecule has 0 N–H and O–H groups in total. The Bertz CT molecular complexity index is 470. The van der Waals surface area contributed by atoms with E-state index in [4.69, 9.17) is 0 Å². The fourth-order valence-corrected chi connectivity index (χ4v) is 3.17. The Balaban J connectivity index is 1.84. The van der Waals surface area contributed by atoms with Crippen LogP contribution in [-0.2, 0) is 0 Å². The van der Waals surface area contributed by atoms with E-state index in [2.05, 4.69) is 34.7 Å². The average molecular weight is 338 g/mol. The average Bonchev–Trinajstić information content (AvgIpc) is 2.57. The van der Waals surface area contributed by atoms with E-state index >= 15 is 0 Å². The van der Waals surface area contributed by atoms with Gasteiger partial charge in [-0.2, -0.15) is 0 Å². The molecule has 0 aliphatic carbocycles. The van der Waals surface area contributed by atoms with Crippen molar-refractivity contribution in [2.75, 3.05) is 19.6 Å². The normalized spacial score (nSPS) is 19.6. The minimum absolute atomic E-state index is 0.245. The number of Topliss-reactive ketones (excluding diaryl/α,β-unsaturated/α-hetero) is 1. The van der Waals surface area contributed by atoms with Crippen LogP contribution in [0.3, 0.4) is 0 Å². The lowest BCUT2D eigenvalue weighted by atomic mass is 9.85. The lowest BCUT2D eigenvalue weighted by Crippen LogP contribution is -2.28. The van der Waals surface area contributed by atoms with Gasteiger partial charge in [-0.15, -0.1) is 0 Å². The monoisotopic (exact) mass is 337 g/mol. The number of rotatable bonds is 4. The summed E-state index contributed by atoms with van der Waals surface area (Å²) in [6.45, 7) is 7.85. The molecule has 0 saturated carbocycles. The van der Waals surface area contributed by atoms with Crippen LogP contribution in [0.5, 0.6) is 0 Å². The minimum Gasteiger partial charge on any atom is -0.303 e. The molecule has 0 aromatic heterocycles. The van der Waals surface area contributed by atoms with Crippen LogP contribution in [0, 0.1) is 5.41 Å². The van der Waals surface area contributed by atoms with Gasteiger partial charge in [0, 0.05) is 23.0 Å². The Hall–Kier alpha value is -0.670. The predicted octanol–water partition coefficient (Wildman–Crippen LogP) is 4.53. The van der Waals surface area contributed by atoms with Gasteiger partial charge in [0.1, 0.15) is 0 Å². The first-order valence-electron chi connectivity index (χ1n) is 7.47. The maximum atomic E-state index is 12.2. The van der Waals surface area contributed by atoms with Crippen LogP contribution in [0.25, 0.3) is 0 Å². The van der Waals surface area contributed by atoms with E-state index in [-0.39, 0.29) is 5.78 Å². The number of ketones is 1. The molecule has 0 radical (unpaired) electrons. The van der Waals surface area contributed by atoms with Crippen LogP contribution in [0.15, 0.2) is 28.7 Å². The van der Waals surface area contributed by atoms with Gasteiger partial charge in [0.25, 0.3) is 0 Å². The molecule has 0 spiro atoms. The van der Waals surface area contributed by atoms with E-state index in [0.717, 1.165) is 29.7 Å². The zero-order valence-corrected chi connectivity index (χ0v) is 14.1. The third-order valence-electron chi connectivity index (χ3n) is 4.23. The number of halogens is 1. The van der Waals surface area contributed by atoms with Crippen LogP contribution >= 0.6 is 15.9 Å². The maximum Gasteiger partial charge on any atom is 0.164 e. The quantitative estimate of drug-likeness (QED) is 0.752. The minimum atomic E-state index is 0.245. The number of hydrogen-bond acceptors (Lipinski definition) is 2. The van der Waals surface area contributed by atoms with Gasteiger partial charge in [0.2, 0.25) is 0 Å². The van der Waals surface area contributed by atoms with E-state index in [0.29, 0.717) is 11.8 Å². The lowest BCUT2D eigenvalue weighted by Gasteiger charge is -2.23. The summed E-state index contributed by atoms with van der Waals surface area (Å²) in [4.78, 5) is 14.7. The van der Waals surface area contributed by atoms with Crippen molar-refractivity contribution < 1.29 is 4.79 Å². The van der Waals surface area contributed by atoms with E-state index in [1.54, 1.807) is 0 Å². The van der Waals surface area contributed by atoms with Crippen molar-refractivity contribution in [2.45, 2.75) is 39.5 Å². The second kappa shape index (κ2) is 6.86. The summed E-state index contributed by atoms with van der Waals surface area (Å²) in [7, 11) is 0. The Morgan fingerprint density at radius 3 is 2.85 bits per heavy atom. The Labute approximate surface area is 130 Å². The van der Waals surface area contributed by atoms with Crippen LogP contribution in [0.4, 0.5) is 0 Å². The molecule has 0 bridgehead atoms. The highest BCUT2D eigenvalue weighted by Crippen LogP contribution is 2.29. The first-order chi connectivity index (χ1) is 9.46. The van der Waals surface area contributed by atoms with Crippen molar-refractivity contribution in [2.24, 2.45) is 5.41 Å². The van der Waals surface area contributed by atoms with Crippen molar-refractivity contribution in [3.05, 3.63) is 34.3 Å². The standard InChI is InChI=1S/C17H24BrNO/c1-17(2)8-4-10-19(12-9-17)11-7-16(20)14-5-3-6-15(18)13-14/h3,5-6,13H,4,7-12H2,1-2H3. The lowest BCUT2D eigenvalue weighted by molar-refractivity contribution is 0.0964. The van der Waals surface area contributed by atoms with Gasteiger partial charge in [-0.1, -0.05) is 41.9 Å². The molecular weight excluding hydrogens is 314 g/mol. The predicted molar refractivity (Wildman–Crippen MR) is 87.2 cm³/mol. The topological polar surface area (TPSA) is 20.3 Å². The van der Waals surface area contributed by atoms with Crippen LogP contribution in [-0.4, -0.2) is 30.3 Å². The highest BCUT2D eigenvalue weighted by atomic mass is 79.9. The largest absolute Gasteiger partial charge is 0.303 e. The number of carbonyl (C=O) groups is 1. The summed E-state index contributed by atoms with van der Waals surface area (Å²) in [5, 5.41) is 0. The third-order valence-corrected chi connectivity index (χ3v) is 4.73. The van der Waals surface area contributed by atoms with Crippen molar-refractivity contribution in [1.29, 1.82) is 0 Å². The van der Waals surface area contributed by atoms with Gasteiger partial charge in [-0.05, 0) is 49.9 Å². The van der Waals surface area contributed by atoms with E-state index < -0.39 is 0 Å². The van der Waals surface area contributed by atoms with Gasteiger partial charge in [-0.3, -0.25) is 4.79 Å². The van der Waals surface area contributed by atoms with Crippen LogP contribution in [0.1, 0.15) is 49.9 Å². The number of nitrogens with zero attached hydrogens (tertiary/aromatic N) is 1. The number of likely N-dealkylation sites (tertiary alicyclic amines) is 1. The summed E-state index contributed by atoms with van der Waals surface area (Å²) in [5.74, 6) is 0.245. The molecule has 2 nitrogen and oxygen atoms in total. The molecular formula is C17H24BrNO. The first-order valence-corrected chi connectivity index (χ1v) is 8.27.